The minimum absolute atomic E-state index is 0.270. The number of halogens is 1. The predicted octanol–water partition coefficient (Wildman–Crippen LogP) is 4.01. The maximum Gasteiger partial charge on any atom is 0.258 e. The first-order valence-corrected chi connectivity index (χ1v) is 8.75. The number of nitrogens with one attached hydrogen (secondary N) is 2. The normalized spacial score (nSPS) is 10.5. The van der Waals surface area contributed by atoms with Crippen LogP contribution in [-0.2, 0) is 5.75 Å². The van der Waals surface area contributed by atoms with Gasteiger partial charge in [0.05, 0.1) is 7.11 Å². The van der Waals surface area contributed by atoms with Crippen LogP contribution in [0.25, 0.3) is 0 Å². The molecule has 0 unspecified atom stereocenters. The van der Waals surface area contributed by atoms with Gasteiger partial charge in [0.15, 0.2) is 0 Å². The summed E-state index contributed by atoms with van der Waals surface area (Å²) in [6, 6.07) is 14.4. The second-order valence-corrected chi connectivity index (χ2v) is 6.44. The Morgan fingerprint density at radius 1 is 1.20 bits per heavy atom. The lowest BCUT2D eigenvalue weighted by molar-refractivity contribution is 0.102. The van der Waals surface area contributed by atoms with Crippen molar-refractivity contribution in [2.75, 3.05) is 12.4 Å². The van der Waals surface area contributed by atoms with Crippen LogP contribution in [-0.4, -0.2) is 28.2 Å². The van der Waals surface area contributed by atoms with Crippen molar-refractivity contribution in [2.45, 2.75) is 10.9 Å². The zero-order valence-corrected chi connectivity index (χ0v) is 14.9. The highest BCUT2D eigenvalue weighted by Crippen LogP contribution is 2.21. The summed E-state index contributed by atoms with van der Waals surface area (Å²) >= 11 is 7.33. The minimum atomic E-state index is -0.270. The lowest BCUT2D eigenvalue weighted by atomic mass is 10.2. The smallest absolute Gasteiger partial charge is 0.258 e. The standard InChI is InChI=1S/C17H15ClN4O2S/c1-24-14-8-4-12(5-9-14)15(23)19-16-20-17(22-21-16)25-10-11-2-6-13(18)7-3-11/h2-9H,10H2,1H3,(H2,19,20,21,22,23). The van der Waals surface area contributed by atoms with Crippen LogP contribution in [0.15, 0.2) is 53.7 Å². The number of H-pyrrole nitrogens is 1. The van der Waals surface area contributed by atoms with Crippen molar-refractivity contribution < 1.29 is 9.53 Å². The first kappa shape index (κ1) is 17.3. The molecule has 0 fully saturated rings. The van der Waals surface area contributed by atoms with Crippen molar-refractivity contribution in [1.82, 2.24) is 15.2 Å². The molecule has 0 radical (unpaired) electrons. The fourth-order valence-electron chi connectivity index (χ4n) is 2.02. The summed E-state index contributed by atoms with van der Waals surface area (Å²) in [5, 5.41) is 10.7. The van der Waals surface area contributed by atoms with Crippen LogP contribution in [0.5, 0.6) is 5.75 Å². The number of amides is 1. The molecule has 3 aromatic rings. The van der Waals surface area contributed by atoms with Crippen LogP contribution >= 0.6 is 23.4 Å². The molecule has 2 aromatic carbocycles. The van der Waals surface area contributed by atoms with E-state index in [4.69, 9.17) is 16.3 Å². The van der Waals surface area contributed by atoms with Gasteiger partial charge in [-0.05, 0) is 42.0 Å². The van der Waals surface area contributed by atoms with E-state index in [1.165, 1.54) is 11.8 Å². The highest BCUT2D eigenvalue weighted by Gasteiger charge is 2.10. The van der Waals surface area contributed by atoms with Gasteiger partial charge in [-0.2, -0.15) is 4.98 Å². The first-order chi connectivity index (χ1) is 12.1. The van der Waals surface area contributed by atoms with Crippen molar-refractivity contribution in [3.63, 3.8) is 0 Å². The Morgan fingerprint density at radius 2 is 1.92 bits per heavy atom. The van der Waals surface area contributed by atoms with E-state index >= 15 is 0 Å². The van der Waals surface area contributed by atoms with Crippen LogP contribution in [0.3, 0.4) is 0 Å². The predicted molar refractivity (Wildman–Crippen MR) is 98.3 cm³/mol. The van der Waals surface area contributed by atoms with Gasteiger partial charge >= 0.3 is 0 Å². The highest BCUT2D eigenvalue weighted by atomic mass is 35.5. The van der Waals surface area contributed by atoms with Crippen LogP contribution < -0.4 is 10.1 Å². The van der Waals surface area contributed by atoms with E-state index in [-0.39, 0.29) is 5.91 Å². The summed E-state index contributed by atoms with van der Waals surface area (Å²) in [6.45, 7) is 0. The van der Waals surface area contributed by atoms with E-state index in [0.29, 0.717) is 33.2 Å². The number of nitrogens with zero attached hydrogens (tertiary/aromatic N) is 2. The maximum absolute atomic E-state index is 12.2. The van der Waals surface area contributed by atoms with Gasteiger partial charge in [-0.15, -0.1) is 5.10 Å². The third-order valence-electron chi connectivity index (χ3n) is 3.33. The number of carbonyl (C=O) groups excluding carboxylic acids is 1. The number of hydrogen-bond acceptors (Lipinski definition) is 5. The number of carbonyl (C=O) groups is 1. The van der Waals surface area contributed by atoms with E-state index in [2.05, 4.69) is 20.5 Å². The van der Waals surface area contributed by atoms with E-state index in [0.717, 1.165) is 5.56 Å². The second-order valence-electron chi connectivity index (χ2n) is 5.06. The van der Waals surface area contributed by atoms with Crippen molar-refractivity contribution in [1.29, 1.82) is 0 Å². The van der Waals surface area contributed by atoms with Crippen LogP contribution in [0, 0.1) is 0 Å². The average molecular weight is 375 g/mol. The molecule has 1 aromatic heterocycles. The number of rotatable bonds is 6. The lowest BCUT2D eigenvalue weighted by Gasteiger charge is -2.03. The molecule has 25 heavy (non-hydrogen) atoms. The number of anilines is 1. The van der Waals surface area contributed by atoms with Gasteiger partial charge in [0.25, 0.3) is 5.91 Å². The largest absolute Gasteiger partial charge is 0.497 e. The second kappa shape index (κ2) is 8.04. The van der Waals surface area contributed by atoms with Gasteiger partial charge in [-0.1, -0.05) is 35.5 Å². The summed E-state index contributed by atoms with van der Waals surface area (Å²) in [6.07, 6.45) is 0. The molecule has 0 saturated carbocycles. The Bertz CT molecular complexity index is 850. The highest BCUT2D eigenvalue weighted by molar-refractivity contribution is 7.98. The molecule has 0 atom stereocenters. The molecular formula is C17H15ClN4O2S. The summed E-state index contributed by atoms with van der Waals surface area (Å²) in [7, 11) is 1.58. The minimum Gasteiger partial charge on any atom is -0.497 e. The van der Waals surface area contributed by atoms with Crippen LogP contribution in [0.4, 0.5) is 5.95 Å². The quantitative estimate of drug-likeness (QED) is 0.637. The first-order valence-electron chi connectivity index (χ1n) is 7.39. The number of aromatic nitrogens is 3. The third kappa shape index (κ3) is 4.74. The van der Waals surface area contributed by atoms with Gasteiger partial charge in [0.2, 0.25) is 11.1 Å². The van der Waals surface area contributed by atoms with Crippen molar-refractivity contribution in [3.05, 3.63) is 64.7 Å². The molecular weight excluding hydrogens is 360 g/mol. The van der Waals surface area contributed by atoms with E-state index in [9.17, 15) is 4.79 Å². The van der Waals surface area contributed by atoms with E-state index in [1.807, 2.05) is 24.3 Å². The molecule has 8 heteroatoms. The summed E-state index contributed by atoms with van der Waals surface area (Å²) < 4.78 is 5.07. The van der Waals surface area contributed by atoms with Gasteiger partial charge in [-0.3, -0.25) is 10.1 Å². The summed E-state index contributed by atoms with van der Waals surface area (Å²) in [5.74, 6) is 1.44. The van der Waals surface area contributed by atoms with Gasteiger partial charge < -0.3 is 4.74 Å². The molecule has 128 valence electrons. The zero-order valence-electron chi connectivity index (χ0n) is 13.3. The topological polar surface area (TPSA) is 79.9 Å². The fraction of sp³-hybridized carbons (Fsp3) is 0.118. The number of aromatic amines is 1. The molecule has 0 aliphatic heterocycles. The van der Waals surface area contributed by atoms with E-state index < -0.39 is 0 Å². The molecule has 0 spiro atoms. The molecule has 0 bridgehead atoms. The number of benzene rings is 2. The molecule has 0 aliphatic rings. The van der Waals surface area contributed by atoms with Crippen molar-refractivity contribution in [3.8, 4) is 5.75 Å². The van der Waals surface area contributed by atoms with Crippen LogP contribution in [0.2, 0.25) is 5.02 Å². The Labute approximate surface area is 154 Å². The number of ether oxygens (including phenoxy) is 1. The Kier molecular flexibility index (Phi) is 5.57. The van der Waals surface area contributed by atoms with Gasteiger partial charge in [0, 0.05) is 16.3 Å². The van der Waals surface area contributed by atoms with Crippen molar-refractivity contribution >= 4 is 35.2 Å². The lowest BCUT2D eigenvalue weighted by Crippen LogP contribution is -2.12. The van der Waals surface area contributed by atoms with Crippen molar-refractivity contribution in [2.24, 2.45) is 0 Å². The maximum atomic E-state index is 12.2. The SMILES string of the molecule is COc1ccc(C(=O)Nc2nc(SCc3ccc(Cl)cc3)n[nH]2)cc1. The molecule has 0 saturated heterocycles. The Morgan fingerprint density at radius 3 is 2.60 bits per heavy atom. The summed E-state index contributed by atoms with van der Waals surface area (Å²) in [5.41, 5.74) is 1.62. The molecule has 6 nitrogen and oxygen atoms in total. The summed E-state index contributed by atoms with van der Waals surface area (Å²) in [4.78, 5) is 16.4. The van der Waals surface area contributed by atoms with Gasteiger partial charge in [0.1, 0.15) is 5.75 Å². The average Bonchev–Trinajstić information content (AvgIpc) is 3.08. The third-order valence-corrected chi connectivity index (χ3v) is 4.50. The Hall–Kier alpha value is -2.51. The monoisotopic (exact) mass is 374 g/mol. The van der Waals surface area contributed by atoms with E-state index in [1.54, 1.807) is 31.4 Å². The van der Waals surface area contributed by atoms with Gasteiger partial charge in [-0.25, -0.2) is 5.10 Å². The zero-order chi connectivity index (χ0) is 17.6. The number of methoxy groups -OCH3 is 1. The molecule has 1 amide bonds. The Balaban J connectivity index is 1.57. The van der Waals surface area contributed by atoms with Crippen LogP contribution in [0.1, 0.15) is 15.9 Å². The fourth-order valence-corrected chi connectivity index (χ4v) is 2.90. The number of thioether (sulfide) groups is 1. The molecule has 0 aliphatic carbocycles. The molecule has 2 N–H and O–H groups in total. The molecule has 3 rings (SSSR count). The number of hydrogen-bond donors (Lipinski definition) is 2. The molecule has 1 heterocycles.